The van der Waals surface area contributed by atoms with Crippen LogP contribution in [0.25, 0.3) is 0 Å². The van der Waals surface area contributed by atoms with Gasteiger partial charge in [0.2, 0.25) is 0 Å². The molecule has 0 fully saturated rings. The molecule has 3 rings (SSSR count). The number of rotatable bonds is 4. The van der Waals surface area contributed by atoms with E-state index in [0.717, 1.165) is 19.5 Å². The van der Waals surface area contributed by atoms with Gasteiger partial charge in [-0.15, -0.1) is 0 Å². The SMILES string of the molecule is O=C(NCCN1CCc2ccccc21)Nc1cccc(Cl)c1Cl. The van der Waals surface area contributed by atoms with Crippen molar-refractivity contribution in [3.8, 4) is 0 Å². The van der Waals surface area contributed by atoms with Gasteiger partial charge in [0.1, 0.15) is 0 Å². The molecule has 4 nitrogen and oxygen atoms in total. The summed E-state index contributed by atoms with van der Waals surface area (Å²) in [5, 5.41) is 6.31. The maximum Gasteiger partial charge on any atom is 0.319 e. The molecule has 0 saturated heterocycles. The van der Waals surface area contributed by atoms with Crippen LogP contribution in [0, 0.1) is 0 Å². The Balaban J connectivity index is 1.50. The van der Waals surface area contributed by atoms with Crippen LogP contribution >= 0.6 is 23.2 Å². The lowest BCUT2D eigenvalue weighted by Gasteiger charge is -2.19. The number of hydrogen-bond acceptors (Lipinski definition) is 2. The van der Waals surface area contributed by atoms with Crippen LogP contribution in [0.5, 0.6) is 0 Å². The summed E-state index contributed by atoms with van der Waals surface area (Å²) >= 11 is 12.0. The van der Waals surface area contributed by atoms with Gasteiger partial charge in [-0.3, -0.25) is 0 Å². The molecule has 0 aliphatic carbocycles. The van der Waals surface area contributed by atoms with Gasteiger partial charge in [0.25, 0.3) is 0 Å². The second kappa shape index (κ2) is 7.11. The molecule has 1 aliphatic rings. The van der Waals surface area contributed by atoms with Gasteiger partial charge in [0, 0.05) is 25.3 Å². The van der Waals surface area contributed by atoms with E-state index >= 15 is 0 Å². The minimum Gasteiger partial charge on any atom is -0.369 e. The number of halogens is 2. The number of benzene rings is 2. The van der Waals surface area contributed by atoms with Gasteiger partial charge in [-0.2, -0.15) is 0 Å². The number of carbonyl (C=O) groups excluding carboxylic acids is 1. The molecule has 0 bridgehead atoms. The average Bonchev–Trinajstić information content (AvgIpc) is 2.95. The number of fused-ring (bicyclic) bond motifs is 1. The molecular formula is C17H17Cl2N3O. The second-order valence-electron chi connectivity index (χ2n) is 5.35. The van der Waals surface area contributed by atoms with E-state index in [0.29, 0.717) is 22.3 Å². The lowest BCUT2D eigenvalue weighted by Crippen LogP contribution is -2.36. The molecule has 0 atom stereocenters. The van der Waals surface area contributed by atoms with E-state index < -0.39 is 0 Å². The van der Waals surface area contributed by atoms with Crippen molar-refractivity contribution in [2.45, 2.75) is 6.42 Å². The molecule has 0 unspecified atom stereocenters. The van der Waals surface area contributed by atoms with E-state index in [9.17, 15) is 4.79 Å². The predicted octanol–water partition coefficient (Wildman–Crippen LogP) is 4.18. The standard InChI is InChI=1S/C17H17Cl2N3O/c18-13-5-3-6-14(16(13)19)21-17(23)20-9-11-22-10-8-12-4-1-2-7-15(12)22/h1-7H,8-11H2,(H2,20,21,23). The number of anilines is 2. The molecule has 2 aromatic carbocycles. The third-order valence-corrected chi connectivity index (χ3v) is 4.67. The Kier molecular flexibility index (Phi) is 4.94. The number of nitrogens with zero attached hydrogens (tertiary/aromatic N) is 1. The Labute approximate surface area is 145 Å². The number of hydrogen-bond donors (Lipinski definition) is 2. The highest BCUT2D eigenvalue weighted by molar-refractivity contribution is 6.43. The number of amides is 2. The van der Waals surface area contributed by atoms with Gasteiger partial charge in [0.15, 0.2) is 0 Å². The van der Waals surface area contributed by atoms with Gasteiger partial charge in [-0.25, -0.2) is 4.79 Å². The van der Waals surface area contributed by atoms with E-state index in [1.165, 1.54) is 11.3 Å². The molecule has 120 valence electrons. The third kappa shape index (κ3) is 3.71. The number of nitrogens with one attached hydrogen (secondary N) is 2. The quantitative estimate of drug-likeness (QED) is 0.869. The highest BCUT2D eigenvalue weighted by atomic mass is 35.5. The van der Waals surface area contributed by atoms with Gasteiger partial charge >= 0.3 is 6.03 Å². The Morgan fingerprint density at radius 3 is 2.83 bits per heavy atom. The monoisotopic (exact) mass is 349 g/mol. The Morgan fingerprint density at radius 1 is 1.13 bits per heavy atom. The third-order valence-electron chi connectivity index (χ3n) is 3.85. The zero-order valence-electron chi connectivity index (χ0n) is 12.5. The topological polar surface area (TPSA) is 44.4 Å². The summed E-state index contributed by atoms with van der Waals surface area (Å²) in [7, 11) is 0. The van der Waals surface area contributed by atoms with Crippen molar-refractivity contribution in [1.82, 2.24) is 5.32 Å². The molecule has 0 saturated carbocycles. The van der Waals surface area contributed by atoms with Crippen molar-refractivity contribution in [3.63, 3.8) is 0 Å². The van der Waals surface area contributed by atoms with Crippen molar-refractivity contribution >= 4 is 40.6 Å². The molecule has 0 spiro atoms. The van der Waals surface area contributed by atoms with Crippen LogP contribution in [0.15, 0.2) is 42.5 Å². The average molecular weight is 350 g/mol. The molecule has 0 radical (unpaired) electrons. The van der Waals surface area contributed by atoms with Crippen molar-refractivity contribution < 1.29 is 4.79 Å². The van der Waals surface area contributed by atoms with Gasteiger partial charge in [0.05, 0.1) is 15.7 Å². The fourth-order valence-electron chi connectivity index (χ4n) is 2.71. The summed E-state index contributed by atoms with van der Waals surface area (Å²) in [4.78, 5) is 14.2. The molecule has 23 heavy (non-hydrogen) atoms. The molecule has 2 amide bonds. The largest absolute Gasteiger partial charge is 0.369 e. The van der Waals surface area contributed by atoms with Crippen molar-refractivity contribution in [2.24, 2.45) is 0 Å². The minimum atomic E-state index is -0.290. The summed E-state index contributed by atoms with van der Waals surface area (Å²) in [6, 6.07) is 13.2. The maximum absolute atomic E-state index is 12.0. The van der Waals surface area contributed by atoms with Gasteiger partial charge < -0.3 is 15.5 Å². The van der Waals surface area contributed by atoms with E-state index in [4.69, 9.17) is 23.2 Å². The molecule has 1 aliphatic heterocycles. The van der Waals surface area contributed by atoms with Gasteiger partial charge in [-0.05, 0) is 30.2 Å². The van der Waals surface area contributed by atoms with Crippen molar-refractivity contribution in [3.05, 3.63) is 58.1 Å². The lowest BCUT2D eigenvalue weighted by molar-refractivity contribution is 0.252. The number of urea groups is 1. The van der Waals surface area contributed by atoms with Crippen molar-refractivity contribution in [1.29, 1.82) is 0 Å². The fraction of sp³-hybridized carbons (Fsp3) is 0.235. The van der Waals surface area contributed by atoms with E-state index in [2.05, 4.69) is 33.7 Å². The maximum atomic E-state index is 12.0. The van der Waals surface area contributed by atoms with Crippen molar-refractivity contribution in [2.75, 3.05) is 29.9 Å². The first-order chi connectivity index (χ1) is 11.1. The number of carbonyl (C=O) groups is 1. The fourth-order valence-corrected chi connectivity index (χ4v) is 3.06. The lowest BCUT2D eigenvalue weighted by atomic mass is 10.2. The zero-order valence-corrected chi connectivity index (χ0v) is 14.0. The summed E-state index contributed by atoms with van der Waals surface area (Å²) < 4.78 is 0. The van der Waals surface area contributed by atoms with Crippen LogP contribution in [0.4, 0.5) is 16.2 Å². The van der Waals surface area contributed by atoms with E-state index in [-0.39, 0.29) is 6.03 Å². The first-order valence-corrected chi connectivity index (χ1v) is 8.22. The van der Waals surface area contributed by atoms with Crippen LogP contribution in [0.3, 0.4) is 0 Å². The summed E-state index contributed by atoms with van der Waals surface area (Å²) in [5.41, 5.74) is 3.12. The van der Waals surface area contributed by atoms with Crippen LogP contribution in [-0.4, -0.2) is 25.7 Å². The smallest absolute Gasteiger partial charge is 0.319 e. The molecule has 1 heterocycles. The Bertz CT molecular complexity index is 721. The minimum absolute atomic E-state index is 0.290. The highest BCUT2D eigenvalue weighted by Crippen LogP contribution is 2.29. The molecule has 2 N–H and O–H groups in total. The summed E-state index contributed by atoms with van der Waals surface area (Å²) in [6.07, 6.45) is 1.06. The molecular weight excluding hydrogens is 333 g/mol. The van der Waals surface area contributed by atoms with E-state index in [1.807, 2.05) is 6.07 Å². The molecule has 2 aromatic rings. The highest BCUT2D eigenvalue weighted by Gasteiger charge is 2.17. The predicted molar refractivity (Wildman–Crippen MR) is 95.8 cm³/mol. The summed E-state index contributed by atoms with van der Waals surface area (Å²) in [6.45, 7) is 2.31. The normalized spacial score (nSPS) is 12.9. The molecule has 6 heteroatoms. The first kappa shape index (κ1) is 16.0. The first-order valence-electron chi connectivity index (χ1n) is 7.47. The number of para-hydroxylation sites is 1. The second-order valence-corrected chi connectivity index (χ2v) is 6.13. The van der Waals surface area contributed by atoms with E-state index in [1.54, 1.807) is 18.2 Å². The van der Waals surface area contributed by atoms with Crippen LogP contribution in [0.1, 0.15) is 5.56 Å². The molecule has 0 aromatic heterocycles. The Hall–Kier alpha value is -1.91. The van der Waals surface area contributed by atoms with Gasteiger partial charge in [-0.1, -0.05) is 47.5 Å². The Morgan fingerprint density at radius 2 is 1.96 bits per heavy atom. The zero-order chi connectivity index (χ0) is 16.2. The summed E-state index contributed by atoms with van der Waals surface area (Å²) in [5.74, 6) is 0. The van der Waals surface area contributed by atoms with Crippen LogP contribution < -0.4 is 15.5 Å². The van der Waals surface area contributed by atoms with Crippen LogP contribution in [-0.2, 0) is 6.42 Å². The van der Waals surface area contributed by atoms with Crippen LogP contribution in [0.2, 0.25) is 10.0 Å².